The number of nitrogens with one attached hydrogen (secondary N) is 1. The number of alkyl halides is 2. The molecule has 148 valence electrons. The van der Waals surface area contributed by atoms with Crippen LogP contribution in [0.1, 0.15) is 33.1 Å². The second-order valence-corrected chi connectivity index (χ2v) is 8.46. The molecule has 0 spiro atoms. The average Bonchev–Trinajstić information content (AvgIpc) is 2.88. The number of carbonyl (C=O) groups excluding carboxylic acids is 1. The highest BCUT2D eigenvalue weighted by atomic mass is 32.2. The summed E-state index contributed by atoms with van der Waals surface area (Å²) < 4.78 is 29.1. The van der Waals surface area contributed by atoms with E-state index in [4.69, 9.17) is 4.98 Å². The fourth-order valence-electron chi connectivity index (χ4n) is 3.56. The van der Waals surface area contributed by atoms with Gasteiger partial charge in [-0.2, -0.15) is 0 Å². The van der Waals surface area contributed by atoms with Crippen LogP contribution in [-0.4, -0.2) is 30.1 Å². The molecule has 1 aromatic rings. The van der Waals surface area contributed by atoms with Gasteiger partial charge in [-0.15, -0.1) is 0 Å². The summed E-state index contributed by atoms with van der Waals surface area (Å²) in [5, 5.41) is 0.807. The molecule has 1 N–H and O–H groups in total. The minimum absolute atomic E-state index is 0.0159. The third-order valence-corrected chi connectivity index (χ3v) is 6.17. The van der Waals surface area contributed by atoms with E-state index in [2.05, 4.69) is 9.71 Å². The van der Waals surface area contributed by atoms with Gasteiger partial charge in [0.1, 0.15) is 17.1 Å². The number of aliphatic imine (C=N–C) groups is 1. The standard InChI is InChI=1S/C20H24BF2N3OS/c1-14-15(19(22)23)5-3-7-17(24-14)26-28-18-8-4-6-16(25-18)21-11-9-20(2,13-27)10-12-21/h4-8,13,19,26H,3,9-12H2,1-2H3. The molecule has 0 bridgehead atoms. The Balaban J connectivity index is 1.62. The van der Waals surface area contributed by atoms with Crippen LogP contribution in [0.5, 0.6) is 0 Å². The smallest absolute Gasteiger partial charge is 0.265 e. The highest BCUT2D eigenvalue weighted by Crippen LogP contribution is 2.34. The van der Waals surface area contributed by atoms with Crippen molar-refractivity contribution < 1.29 is 13.6 Å². The van der Waals surface area contributed by atoms with Gasteiger partial charge in [0.25, 0.3) is 6.43 Å². The number of nitrogens with zero attached hydrogens (tertiary/aromatic N) is 2. The summed E-state index contributed by atoms with van der Waals surface area (Å²) in [4.78, 5) is 20.2. The number of hydrogen-bond donors (Lipinski definition) is 1. The third-order valence-electron chi connectivity index (χ3n) is 5.43. The number of allylic oxidation sites excluding steroid dienone is 3. The molecule has 28 heavy (non-hydrogen) atoms. The Bertz CT molecular complexity index is 817. The van der Waals surface area contributed by atoms with Gasteiger partial charge in [0.2, 0.25) is 0 Å². The molecule has 3 heterocycles. The van der Waals surface area contributed by atoms with Crippen LogP contribution in [0.2, 0.25) is 12.6 Å². The lowest BCUT2D eigenvalue weighted by molar-refractivity contribution is -0.115. The Labute approximate surface area is 169 Å². The first-order valence-electron chi connectivity index (χ1n) is 9.50. The largest absolute Gasteiger partial charge is 0.309 e. The molecule has 1 saturated heterocycles. The van der Waals surface area contributed by atoms with Crippen LogP contribution in [0.25, 0.3) is 0 Å². The number of halogens is 2. The molecule has 8 heteroatoms. The van der Waals surface area contributed by atoms with E-state index in [0.717, 1.165) is 42.4 Å². The molecule has 1 aromatic heterocycles. The van der Waals surface area contributed by atoms with Gasteiger partial charge in [-0.3, -0.25) is 4.98 Å². The van der Waals surface area contributed by atoms with Gasteiger partial charge >= 0.3 is 0 Å². The number of aromatic nitrogens is 1. The first-order chi connectivity index (χ1) is 13.4. The van der Waals surface area contributed by atoms with Crippen molar-refractivity contribution in [3.8, 4) is 0 Å². The van der Waals surface area contributed by atoms with Crippen LogP contribution < -0.4 is 10.3 Å². The normalized spacial score (nSPS) is 19.5. The summed E-state index contributed by atoms with van der Waals surface area (Å²) >= 11 is 1.33. The molecule has 0 aromatic carbocycles. The van der Waals surface area contributed by atoms with Crippen molar-refractivity contribution in [2.75, 3.05) is 0 Å². The monoisotopic (exact) mass is 403 g/mol. The molecular formula is C20H24BF2N3OS. The molecule has 3 rings (SSSR count). The number of carbonyl (C=O) groups is 1. The van der Waals surface area contributed by atoms with Gasteiger partial charge in [-0.1, -0.05) is 31.7 Å². The summed E-state index contributed by atoms with van der Waals surface area (Å²) in [5.74, 6) is 0.556. The molecule has 1 fully saturated rings. The Kier molecular flexibility index (Phi) is 6.70. The van der Waals surface area contributed by atoms with E-state index in [-0.39, 0.29) is 11.0 Å². The SMILES string of the molecule is CC1=NC(NSc2cccc(B3CCC(C)(C=O)CC3)n2)=CCC=C1C(F)F. The minimum atomic E-state index is -2.51. The maximum Gasteiger partial charge on any atom is 0.265 e. The Hall–Kier alpha value is -1.96. The van der Waals surface area contributed by atoms with Crippen molar-refractivity contribution in [1.82, 2.24) is 9.71 Å². The van der Waals surface area contributed by atoms with E-state index in [9.17, 15) is 13.6 Å². The number of pyridine rings is 1. The number of rotatable bonds is 6. The predicted octanol–water partition coefficient (Wildman–Crippen LogP) is 4.28. The summed E-state index contributed by atoms with van der Waals surface area (Å²) in [6.07, 6.45) is 5.98. The van der Waals surface area contributed by atoms with Gasteiger partial charge in [-0.05, 0) is 44.4 Å². The zero-order chi connectivity index (χ0) is 20.1. The third kappa shape index (κ3) is 5.10. The van der Waals surface area contributed by atoms with Gasteiger partial charge in [0.15, 0.2) is 6.71 Å². The van der Waals surface area contributed by atoms with Crippen molar-refractivity contribution in [1.29, 1.82) is 0 Å². The van der Waals surface area contributed by atoms with E-state index < -0.39 is 6.43 Å². The number of hydrogen-bond acceptors (Lipinski definition) is 5. The molecular weight excluding hydrogens is 379 g/mol. The Morgan fingerprint density at radius 3 is 2.71 bits per heavy atom. The van der Waals surface area contributed by atoms with E-state index in [1.165, 1.54) is 18.0 Å². The average molecular weight is 403 g/mol. The van der Waals surface area contributed by atoms with E-state index in [0.29, 0.717) is 24.7 Å². The maximum atomic E-state index is 13.0. The quantitative estimate of drug-likeness (QED) is 0.438. The lowest BCUT2D eigenvalue weighted by Crippen LogP contribution is -2.39. The van der Waals surface area contributed by atoms with Crippen molar-refractivity contribution in [3.63, 3.8) is 0 Å². The van der Waals surface area contributed by atoms with Gasteiger partial charge < -0.3 is 9.52 Å². The second kappa shape index (κ2) is 9.03. The molecule has 0 saturated carbocycles. The van der Waals surface area contributed by atoms with Crippen LogP contribution in [0.4, 0.5) is 8.78 Å². The van der Waals surface area contributed by atoms with E-state index in [1.807, 2.05) is 25.1 Å². The Morgan fingerprint density at radius 2 is 2.04 bits per heavy atom. The van der Waals surface area contributed by atoms with Crippen LogP contribution in [0.3, 0.4) is 0 Å². The molecule has 0 atom stereocenters. The van der Waals surface area contributed by atoms with Gasteiger partial charge in [0.05, 0.1) is 0 Å². The molecule has 4 nitrogen and oxygen atoms in total. The summed E-state index contributed by atoms with van der Waals surface area (Å²) in [7, 11) is 0. The second-order valence-electron chi connectivity index (χ2n) is 7.63. The summed E-state index contributed by atoms with van der Waals surface area (Å²) in [5.41, 5.74) is 1.15. The molecule has 0 radical (unpaired) electrons. The van der Waals surface area contributed by atoms with Crippen LogP contribution in [0.15, 0.2) is 51.8 Å². The maximum absolute atomic E-state index is 13.0. The highest BCUT2D eigenvalue weighted by molar-refractivity contribution is 7.97. The Morgan fingerprint density at radius 1 is 1.29 bits per heavy atom. The topological polar surface area (TPSA) is 54.4 Å². The lowest BCUT2D eigenvalue weighted by Gasteiger charge is -2.31. The van der Waals surface area contributed by atoms with Gasteiger partial charge in [-0.25, -0.2) is 13.8 Å². The summed E-state index contributed by atoms with van der Waals surface area (Å²) in [6, 6.07) is 5.92. The van der Waals surface area contributed by atoms with Crippen molar-refractivity contribution in [2.45, 2.75) is 57.2 Å². The molecule has 2 aliphatic rings. The first kappa shape index (κ1) is 20.8. The summed E-state index contributed by atoms with van der Waals surface area (Å²) in [6.45, 7) is 3.99. The fourth-order valence-corrected chi connectivity index (χ4v) is 4.19. The predicted molar refractivity (Wildman–Crippen MR) is 112 cm³/mol. The highest BCUT2D eigenvalue weighted by Gasteiger charge is 2.33. The first-order valence-corrected chi connectivity index (χ1v) is 10.3. The lowest BCUT2D eigenvalue weighted by atomic mass is 9.37. The minimum Gasteiger partial charge on any atom is -0.309 e. The van der Waals surface area contributed by atoms with Crippen LogP contribution in [-0.2, 0) is 4.79 Å². The van der Waals surface area contributed by atoms with E-state index >= 15 is 0 Å². The van der Waals surface area contributed by atoms with Gasteiger partial charge in [0, 0.05) is 34.2 Å². The van der Waals surface area contributed by atoms with Crippen molar-refractivity contribution in [2.24, 2.45) is 10.4 Å². The fraction of sp³-hybridized carbons (Fsp3) is 0.450. The van der Waals surface area contributed by atoms with Crippen LogP contribution in [0, 0.1) is 5.41 Å². The van der Waals surface area contributed by atoms with E-state index in [1.54, 1.807) is 13.0 Å². The van der Waals surface area contributed by atoms with Crippen molar-refractivity contribution in [3.05, 3.63) is 41.7 Å². The zero-order valence-corrected chi connectivity index (χ0v) is 16.9. The van der Waals surface area contributed by atoms with Crippen LogP contribution >= 0.6 is 11.9 Å². The zero-order valence-electron chi connectivity index (χ0n) is 16.1. The van der Waals surface area contributed by atoms with Crippen molar-refractivity contribution >= 4 is 36.3 Å². The number of aldehydes is 1. The molecule has 0 aliphatic carbocycles. The molecule has 2 aliphatic heterocycles. The molecule has 0 unspecified atom stereocenters. The molecule has 0 amide bonds.